The number of rotatable bonds is 9. The Balaban J connectivity index is 1.98. The van der Waals surface area contributed by atoms with Crippen molar-refractivity contribution in [3.8, 4) is 22.6 Å². The Morgan fingerprint density at radius 3 is 2.17 bits per heavy atom. The lowest BCUT2D eigenvalue weighted by Gasteiger charge is -2.24. The molecule has 1 atom stereocenters. The molecule has 3 rings (SSSR count). The van der Waals surface area contributed by atoms with Gasteiger partial charge in [-0.3, -0.25) is 9.59 Å². The molecule has 36 heavy (non-hydrogen) atoms. The molecule has 7 nitrogen and oxygen atoms in total. The van der Waals surface area contributed by atoms with Gasteiger partial charge in [-0.2, -0.15) is 0 Å². The molecule has 1 saturated carbocycles. The number of hydrogen-bond donors (Lipinski definition) is 3. The lowest BCUT2D eigenvalue weighted by Crippen LogP contribution is -2.38. The van der Waals surface area contributed by atoms with Crippen molar-refractivity contribution in [2.45, 2.75) is 71.9 Å². The highest BCUT2D eigenvalue weighted by molar-refractivity contribution is 6.00. The Labute approximate surface area is 213 Å². The highest BCUT2D eigenvalue weighted by atomic mass is 16.5. The number of methoxy groups -OCH3 is 2. The van der Waals surface area contributed by atoms with E-state index in [-0.39, 0.29) is 0 Å². The smallest absolute Gasteiger partial charge is 0.325 e. The molecule has 0 bridgehead atoms. The van der Waals surface area contributed by atoms with Crippen molar-refractivity contribution in [3.63, 3.8) is 0 Å². The van der Waals surface area contributed by atoms with Crippen LogP contribution in [0.15, 0.2) is 29.8 Å². The monoisotopic (exact) mass is 494 g/mol. The zero-order chi connectivity index (χ0) is 26.4. The van der Waals surface area contributed by atoms with Crippen molar-refractivity contribution in [3.05, 3.63) is 46.5 Å². The molecule has 0 radical (unpaired) electrons. The second kappa shape index (κ2) is 12.0. The molecule has 1 aliphatic rings. The van der Waals surface area contributed by atoms with Crippen molar-refractivity contribution in [2.75, 3.05) is 19.5 Å². The van der Waals surface area contributed by atoms with Gasteiger partial charge in [0, 0.05) is 39.6 Å². The highest BCUT2D eigenvalue weighted by Crippen LogP contribution is 2.45. The molecule has 1 amide bonds. The summed E-state index contributed by atoms with van der Waals surface area (Å²) in [4.78, 5) is 23.7. The molecule has 0 aliphatic heterocycles. The van der Waals surface area contributed by atoms with E-state index >= 15 is 0 Å². The van der Waals surface area contributed by atoms with Crippen molar-refractivity contribution in [1.82, 2.24) is 5.32 Å². The zero-order valence-corrected chi connectivity index (χ0v) is 22.2. The van der Waals surface area contributed by atoms with Gasteiger partial charge < -0.3 is 25.2 Å². The predicted octanol–water partition coefficient (Wildman–Crippen LogP) is 5.72. The first kappa shape index (κ1) is 27.1. The maximum Gasteiger partial charge on any atom is 0.325 e. The second-order valence-corrected chi connectivity index (χ2v) is 9.52. The van der Waals surface area contributed by atoms with Crippen LogP contribution in [-0.2, 0) is 9.59 Å². The van der Waals surface area contributed by atoms with Gasteiger partial charge in [-0.25, -0.2) is 0 Å². The number of carboxylic acids is 1. The third-order valence-corrected chi connectivity index (χ3v) is 6.93. The van der Waals surface area contributed by atoms with Gasteiger partial charge in [0.15, 0.2) is 0 Å². The first-order valence-corrected chi connectivity index (χ1v) is 12.5. The Kier molecular flexibility index (Phi) is 9.02. The Morgan fingerprint density at radius 2 is 1.61 bits per heavy atom. The van der Waals surface area contributed by atoms with Gasteiger partial charge in [-0.05, 0) is 64.3 Å². The lowest BCUT2D eigenvalue weighted by molar-refractivity contribution is -0.140. The van der Waals surface area contributed by atoms with E-state index in [1.807, 2.05) is 13.8 Å². The normalized spacial score (nSPS) is 15.2. The van der Waals surface area contributed by atoms with Crippen LogP contribution in [0.4, 0.5) is 5.69 Å². The third kappa shape index (κ3) is 6.01. The molecule has 0 spiro atoms. The van der Waals surface area contributed by atoms with Crippen LogP contribution in [0.5, 0.6) is 11.5 Å². The first-order valence-electron chi connectivity index (χ1n) is 12.5. The quantitative estimate of drug-likeness (QED) is 0.386. The largest absolute Gasteiger partial charge is 0.496 e. The third-order valence-electron chi connectivity index (χ3n) is 6.93. The van der Waals surface area contributed by atoms with E-state index in [1.54, 1.807) is 27.2 Å². The van der Waals surface area contributed by atoms with E-state index in [0.29, 0.717) is 23.1 Å². The second-order valence-electron chi connectivity index (χ2n) is 9.52. The number of carbonyl (C=O) groups is 2. The Bertz CT molecular complexity index is 1130. The van der Waals surface area contributed by atoms with E-state index < -0.39 is 17.9 Å². The number of ether oxygens (including phenoxy) is 2. The molecule has 7 heteroatoms. The number of carboxylic acid groups (broad SMARTS) is 1. The first-order chi connectivity index (χ1) is 17.2. The fraction of sp³-hybridized carbons (Fsp3) is 0.448. The van der Waals surface area contributed by atoms with Crippen LogP contribution < -0.4 is 20.1 Å². The van der Waals surface area contributed by atoms with Crippen LogP contribution in [0.1, 0.15) is 62.6 Å². The number of anilines is 1. The molecule has 0 aromatic heterocycles. The zero-order valence-electron chi connectivity index (χ0n) is 22.2. The van der Waals surface area contributed by atoms with Gasteiger partial charge in [0.25, 0.3) is 0 Å². The van der Waals surface area contributed by atoms with Crippen molar-refractivity contribution in [1.29, 1.82) is 0 Å². The topological polar surface area (TPSA) is 96.9 Å². The molecule has 1 aliphatic carbocycles. The Hall–Kier alpha value is -3.48. The van der Waals surface area contributed by atoms with Crippen LogP contribution in [0.25, 0.3) is 17.2 Å². The molecule has 194 valence electrons. The molecule has 0 unspecified atom stereocenters. The summed E-state index contributed by atoms with van der Waals surface area (Å²) in [6.45, 7) is 6.98. The molecule has 3 N–H and O–H groups in total. The van der Waals surface area contributed by atoms with Gasteiger partial charge in [-0.15, -0.1) is 0 Å². The van der Waals surface area contributed by atoms with Crippen LogP contribution in [0.2, 0.25) is 0 Å². The molecule has 2 aromatic rings. The van der Waals surface area contributed by atoms with Crippen LogP contribution in [-0.4, -0.2) is 43.3 Å². The van der Waals surface area contributed by atoms with Gasteiger partial charge >= 0.3 is 5.97 Å². The van der Waals surface area contributed by atoms with Gasteiger partial charge in [-0.1, -0.05) is 31.4 Å². The minimum Gasteiger partial charge on any atom is -0.496 e. The fourth-order valence-electron chi connectivity index (χ4n) is 4.88. The molecule has 2 aromatic carbocycles. The summed E-state index contributed by atoms with van der Waals surface area (Å²) >= 11 is 0. The summed E-state index contributed by atoms with van der Waals surface area (Å²) in [6.07, 6.45) is 8.04. The highest BCUT2D eigenvalue weighted by Gasteiger charge is 2.23. The summed E-state index contributed by atoms with van der Waals surface area (Å²) in [5.74, 6) is -0.189. The van der Waals surface area contributed by atoms with E-state index in [2.05, 4.69) is 34.9 Å². The summed E-state index contributed by atoms with van der Waals surface area (Å²) in [5.41, 5.74) is 5.89. The van der Waals surface area contributed by atoms with Gasteiger partial charge in [0.1, 0.15) is 17.5 Å². The number of carbonyl (C=O) groups excluding carboxylic acids is 1. The number of amides is 1. The number of hydrogen-bond acceptors (Lipinski definition) is 5. The van der Waals surface area contributed by atoms with Crippen molar-refractivity contribution >= 4 is 23.6 Å². The lowest BCUT2D eigenvalue weighted by atomic mass is 9.91. The molecular weight excluding hydrogens is 456 g/mol. The number of aliphatic carboxylic acids is 1. The Morgan fingerprint density at radius 1 is 1.00 bits per heavy atom. The van der Waals surface area contributed by atoms with Crippen LogP contribution in [0, 0.1) is 13.8 Å². The van der Waals surface area contributed by atoms with E-state index in [4.69, 9.17) is 14.6 Å². The maximum absolute atomic E-state index is 12.6. The SMILES string of the molecule is COc1c(C)c(-c2ccc(NC3CCCCC3)cc2)c(OC)c(C)c1/C=C(\C)C(=O)N[C@H](C)C(=O)O. The molecule has 1 fully saturated rings. The van der Waals surface area contributed by atoms with E-state index in [9.17, 15) is 9.59 Å². The van der Waals surface area contributed by atoms with Crippen LogP contribution in [0.3, 0.4) is 0 Å². The van der Waals surface area contributed by atoms with Gasteiger partial charge in [0.2, 0.25) is 5.91 Å². The summed E-state index contributed by atoms with van der Waals surface area (Å²) in [7, 11) is 3.24. The minimum atomic E-state index is -1.09. The van der Waals surface area contributed by atoms with Gasteiger partial charge in [0.05, 0.1) is 14.2 Å². The average molecular weight is 495 g/mol. The number of nitrogens with one attached hydrogen (secondary N) is 2. The summed E-state index contributed by atoms with van der Waals surface area (Å²) < 4.78 is 11.7. The van der Waals surface area contributed by atoms with Crippen molar-refractivity contribution in [2.24, 2.45) is 0 Å². The fourth-order valence-corrected chi connectivity index (χ4v) is 4.88. The number of benzene rings is 2. The molecule has 0 heterocycles. The van der Waals surface area contributed by atoms with Crippen molar-refractivity contribution < 1.29 is 24.2 Å². The molecular formula is C29H38N2O5. The van der Waals surface area contributed by atoms with Crippen LogP contribution >= 0.6 is 0 Å². The van der Waals surface area contributed by atoms with E-state index in [1.165, 1.54) is 39.0 Å². The van der Waals surface area contributed by atoms with E-state index in [0.717, 1.165) is 33.5 Å². The predicted molar refractivity (Wildman–Crippen MR) is 144 cm³/mol. The average Bonchev–Trinajstić information content (AvgIpc) is 2.87. The minimum absolute atomic E-state index is 0.372. The summed E-state index contributed by atoms with van der Waals surface area (Å²) in [6, 6.07) is 7.95. The maximum atomic E-state index is 12.6. The standard InChI is InChI=1S/C29H38N2O5/c1-17(28(32)30-20(4)29(33)34)16-24-18(2)27(36-6)25(19(3)26(24)35-5)21-12-14-23(15-13-21)31-22-10-8-7-9-11-22/h12-16,20,22,31H,7-11H2,1-6H3,(H,30,32)(H,33,34)/b17-16+/t20-/m1/s1. The summed E-state index contributed by atoms with van der Waals surface area (Å²) in [5, 5.41) is 15.2. The molecule has 0 saturated heterocycles.